The second-order valence-corrected chi connectivity index (χ2v) is 7.79. The number of nitrogens with one attached hydrogen (secondary N) is 2. The molecule has 138 valence electrons. The average molecular weight is 343 g/mol. The third kappa shape index (κ3) is 5.46. The highest BCUT2D eigenvalue weighted by molar-refractivity contribution is 5.79. The first-order chi connectivity index (χ1) is 12.2. The standard InChI is InChI=1S/C21H34N4/c1-4-22-21(23-13-17(3)19-7-5-16(2)6-8-19)24-14-18-11-12-25(15-18)20-9-10-20/h5-8,17-18,20H,4,9-15H2,1-3H3,(H2,22,23,24). The maximum absolute atomic E-state index is 4.82. The Hall–Kier alpha value is -1.55. The van der Waals surface area contributed by atoms with Gasteiger partial charge in [-0.05, 0) is 51.1 Å². The molecule has 4 nitrogen and oxygen atoms in total. The van der Waals surface area contributed by atoms with E-state index in [4.69, 9.17) is 4.99 Å². The van der Waals surface area contributed by atoms with Gasteiger partial charge >= 0.3 is 0 Å². The van der Waals surface area contributed by atoms with Gasteiger partial charge in [-0.2, -0.15) is 0 Å². The summed E-state index contributed by atoms with van der Waals surface area (Å²) < 4.78 is 0. The molecule has 1 aliphatic carbocycles. The van der Waals surface area contributed by atoms with Gasteiger partial charge in [0, 0.05) is 38.1 Å². The predicted octanol–water partition coefficient (Wildman–Crippen LogP) is 3.14. The van der Waals surface area contributed by atoms with E-state index >= 15 is 0 Å². The molecule has 0 spiro atoms. The van der Waals surface area contributed by atoms with E-state index in [1.807, 2.05) is 0 Å². The van der Waals surface area contributed by atoms with Gasteiger partial charge in [-0.25, -0.2) is 0 Å². The van der Waals surface area contributed by atoms with Gasteiger partial charge in [0.1, 0.15) is 0 Å². The Balaban J connectivity index is 1.47. The Kier molecular flexibility index (Phi) is 6.35. The first kappa shape index (κ1) is 18.2. The molecule has 3 rings (SSSR count). The molecule has 4 heteroatoms. The number of benzene rings is 1. The lowest BCUT2D eigenvalue weighted by molar-refractivity contribution is 0.314. The topological polar surface area (TPSA) is 39.7 Å². The molecule has 0 amide bonds. The van der Waals surface area contributed by atoms with Crippen molar-refractivity contribution in [3.63, 3.8) is 0 Å². The molecule has 2 unspecified atom stereocenters. The summed E-state index contributed by atoms with van der Waals surface area (Å²) in [5, 5.41) is 6.96. The summed E-state index contributed by atoms with van der Waals surface area (Å²) in [5.74, 6) is 2.17. The lowest BCUT2D eigenvalue weighted by atomic mass is 10.0. The van der Waals surface area contributed by atoms with E-state index in [1.165, 1.54) is 43.5 Å². The molecule has 2 atom stereocenters. The highest BCUT2D eigenvalue weighted by Gasteiger charge is 2.34. The molecule has 1 saturated heterocycles. The van der Waals surface area contributed by atoms with Gasteiger partial charge in [-0.1, -0.05) is 36.8 Å². The van der Waals surface area contributed by atoms with Crippen molar-refractivity contribution in [1.29, 1.82) is 0 Å². The van der Waals surface area contributed by atoms with Gasteiger partial charge in [0.15, 0.2) is 5.96 Å². The molecule has 0 aromatic heterocycles. The van der Waals surface area contributed by atoms with Crippen LogP contribution >= 0.6 is 0 Å². The van der Waals surface area contributed by atoms with E-state index in [2.05, 4.69) is 60.6 Å². The summed E-state index contributed by atoms with van der Waals surface area (Å²) in [5.41, 5.74) is 2.67. The molecular formula is C21H34N4. The molecule has 1 aromatic carbocycles. The van der Waals surface area contributed by atoms with Gasteiger partial charge < -0.3 is 15.5 Å². The third-order valence-corrected chi connectivity index (χ3v) is 5.45. The number of aliphatic imine (C=N–C) groups is 1. The van der Waals surface area contributed by atoms with E-state index in [0.29, 0.717) is 5.92 Å². The Bertz CT molecular complexity index is 562. The Morgan fingerprint density at radius 2 is 1.96 bits per heavy atom. The summed E-state index contributed by atoms with van der Waals surface area (Å²) in [6.45, 7) is 11.8. The molecule has 1 saturated carbocycles. The number of aryl methyl sites for hydroxylation is 1. The Morgan fingerprint density at radius 1 is 1.20 bits per heavy atom. The normalized spacial score (nSPS) is 22.8. The number of guanidine groups is 1. The van der Waals surface area contributed by atoms with Crippen molar-refractivity contribution in [2.75, 3.05) is 32.7 Å². The van der Waals surface area contributed by atoms with Crippen molar-refractivity contribution in [3.8, 4) is 0 Å². The first-order valence-corrected chi connectivity index (χ1v) is 9.98. The van der Waals surface area contributed by atoms with Crippen molar-refractivity contribution in [1.82, 2.24) is 15.5 Å². The van der Waals surface area contributed by atoms with Crippen LogP contribution in [0.2, 0.25) is 0 Å². The van der Waals surface area contributed by atoms with E-state index in [1.54, 1.807) is 0 Å². The van der Waals surface area contributed by atoms with Gasteiger partial charge in [-0.15, -0.1) is 0 Å². The second-order valence-electron chi connectivity index (χ2n) is 7.79. The van der Waals surface area contributed by atoms with Crippen LogP contribution in [0.5, 0.6) is 0 Å². The maximum Gasteiger partial charge on any atom is 0.191 e. The van der Waals surface area contributed by atoms with Gasteiger partial charge in [0.2, 0.25) is 0 Å². The number of hydrogen-bond donors (Lipinski definition) is 2. The summed E-state index contributed by atoms with van der Waals surface area (Å²) in [7, 11) is 0. The minimum Gasteiger partial charge on any atom is -0.357 e. The van der Waals surface area contributed by atoms with Crippen LogP contribution in [0.4, 0.5) is 0 Å². The fourth-order valence-electron chi connectivity index (χ4n) is 3.61. The summed E-state index contributed by atoms with van der Waals surface area (Å²) in [6.07, 6.45) is 4.16. The Labute approximate surface area is 153 Å². The first-order valence-electron chi connectivity index (χ1n) is 9.98. The number of nitrogens with zero attached hydrogens (tertiary/aromatic N) is 2. The summed E-state index contributed by atoms with van der Waals surface area (Å²) >= 11 is 0. The number of rotatable bonds is 7. The van der Waals surface area contributed by atoms with E-state index < -0.39 is 0 Å². The lowest BCUT2D eigenvalue weighted by Gasteiger charge is -2.17. The zero-order valence-electron chi connectivity index (χ0n) is 16.1. The number of likely N-dealkylation sites (tertiary alicyclic amines) is 1. The molecule has 1 aromatic rings. The third-order valence-electron chi connectivity index (χ3n) is 5.45. The molecule has 1 aliphatic heterocycles. The van der Waals surface area contributed by atoms with Crippen molar-refractivity contribution < 1.29 is 0 Å². The molecular weight excluding hydrogens is 308 g/mol. The minimum absolute atomic E-state index is 0.438. The molecule has 2 aliphatic rings. The van der Waals surface area contributed by atoms with Crippen LogP contribution in [0.1, 0.15) is 50.2 Å². The van der Waals surface area contributed by atoms with Crippen LogP contribution < -0.4 is 10.6 Å². The lowest BCUT2D eigenvalue weighted by Crippen LogP contribution is -2.40. The SMILES string of the molecule is CCNC(=NCC(C)c1ccc(C)cc1)NCC1CCN(C2CC2)C1. The average Bonchev–Trinajstić information content (AvgIpc) is 3.36. The largest absolute Gasteiger partial charge is 0.357 e. The van der Waals surface area contributed by atoms with E-state index in [9.17, 15) is 0 Å². The van der Waals surface area contributed by atoms with Crippen LogP contribution in [0.3, 0.4) is 0 Å². The van der Waals surface area contributed by atoms with E-state index in [-0.39, 0.29) is 0 Å². The van der Waals surface area contributed by atoms with Crippen LogP contribution in [0, 0.1) is 12.8 Å². The predicted molar refractivity (Wildman–Crippen MR) is 106 cm³/mol. The summed E-state index contributed by atoms with van der Waals surface area (Å²) in [4.78, 5) is 7.50. The highest BCUT2D eigenvalue weighted by atomic mass is 15.2. The van der Waals surface area contributed by atoms with Crippen LogP contribution in [-0.2, 0) is 0 Å². The van der Waals surface area contributed by atoms with Crippen molar-refractivity contribution in [2.45, 2.75) is 52.0 Å². The smallest absolute Gasteiger partial charge is 0.191 e. The fraction of sp³-hybridized carbons (Fsp3) is 0.667. The number of hydrogen-bond acceptors (Lipinski definition) is 2. The quantitative estimate of drug-likeness (QED) is 0.591. The minimum atomic E-state index is 0.438. The molecule has 0 bridgehead atoms. The molecule has 1 heterocycles. The zero-order chi connectivity index (χ0) is 17.6. The van der Waals surface area contributed by atoms with Crippen molar-refractivity contribution >= 4 is 5.96 Å². The van der Waals surface area contributed by atoms with Crippen molar-refractivity contribution in [2.24, 2.45) is 10.9 Å². The van der Waals surface area contributed by atoms with E-state index in [0.717, 1.165) is 37.6 Å². The molecule has 2 fully saturated rings. The van der Waals surface area contributed by atoms with Crippen molar-refractivity contribution in [3.05, 3.63) is 35.4 Å². The van der Waals surface area contributed by atoms with Crippen LogP contribution in [0.25, 0.3) is 0 Å². The van der Waals surface area contributed by atoms with Crippen LogP contribution in [0.15, 0.2) is 29.3 Å². The second kappa shape index (κ2) is 8.70. The summed E-state index contributed by atoms with van der Waals surface area (Å²) in [6, 6.07) is 9.72. The van der Waals surface area contributed by atoms with Crippen LogP contribution in [-0.4, -0.2) is 49.6 Å². The molecule has 25 heavy (non-hydrogen) atoms. The maximum atomic E-state index is 4.82. The monoisotopic (exact) mass is 342 g/mol. The highest BCUT2D eigenvalue weighted by Crippen LogP contribution is 2.31. The molecule has 0 radical (unpaired) electrons. The zero-order valence-corrected chi connectivity index (χ0v) is 16.1. The Morgan fingerprint density at radius 3 is 2.64 bits per heavy atom. The van der Waals surface area contributed by atoms with Gasteiger partial charge in [0.25, 0.3) is 0 Å². The van der Waals surface area contributed by atoms with Gasteiger partial charge in [-0.3, -0.25) is 4.99 Å². The molecule has 2 N–H and O–H groups in total. The fourth-order valence-corrected chi connectivity index (χ4v) is 3.61. The van der Waals surface area contributed by atoms with Gasteiger partial charge in [0.05, 0.1) is 0 Å².